The van der Waals surface area contributed by atoms with Crippen LogP contribution < -0.4 is 10.6 Å². The normalized spacial score (nSPS) is 18.9. The van der Waals surface area contributed by atoms with Gasteiger partial charge >= 0.3 is 5.97 Å². The summed E-state index contributed by atoms with van der Waals surface area (Å²) in [6, 6.07) is 6.53. The molecule has 0 bridgehead atoms. The summed E-state index contributed by atoms with van der Waals surface area (Å²) in [5.41, 5.74) is 0.798. The first-order valence-electron chi connectivity index (χ1n) is 10.4. The molecule has 1 aliphatic heterocycles. The van der Waals surface area contributed by atoms with Crippen molar-refractivity contribution in [1.82, 2.24) is 15.5 Å². The molecule has 1 aromatic rings. The van der Waals surface area contributed by atoms with E-state index >= 15 is 0 Å². The first-order chi connectivity index (χ1) is 14.2. The van der Waals surface area contributed by atoms with Crippen LogP contribution in [-0.4, -0.2) is 58.4 Å². The van der Waals surface area contributed by atoms with Gasteiger partial charge in [0.1, 0.15) is 18.1 Å². The SMILES string of the molecule is CC[C@H](C)[C@H](NC(C)=O)C(=O)N1CCC[C@H]1C(=O)N[C@@H](Cc1ccccc1)C(=O)O. The Labute approximate surface area is 177 Å². The Bertz CT molecular complexity index is 767. The van der Waals surface area contributed by atoms with Gasteiger partial charge in [0.05, 0.1) is 0 Å². The highest BCUT2D eigenvalue weighted by atomic mass is 16.4. The van der Waals surface area contributed by atoms with Gasteiger partial charge in [-0.1, -0.05) is 50.6 Å². The summed E-state index contributed by atoms with van der Waals surface area (Å²) in [5.74, 6) is -2.29. The molecule has 0 unspecified atom stereocenters. The van der Waals surface area contributed by atoms with E-state index in [0.29, 0.717) is 25.8 Å². The second-order valence-corrected chi connectivity index (χ2v) is 7.84. The topological polar surface area (TPSA) is 116 Å². The number of likely N-dealkylation sites (tertiary alicyclic amines) is 1. The average Bonchev–Trinajstić information content (AvgIpc) is 3.21. The quantitative estimate of drug-likeness (QED) is 0.561. The molecule has 30 heavy (non-hydrogen) atoms. The van der Waals surface area contributed by atoms with Crippen molar-refractivity contribution < 1.29 is 24.3 Å². The number of amides is 3. The Morgan fingerprint density at radius 1 is 1.17 bits per heavy atom. The molecule has 4 atom stereocenters. The van der Waals surface area contributed by atoms with Crippen molar-refractivity contribution in [3.05, 3.63) is 35.9 Å². The van der Waals surface area contributed by atoms with Crippen LogP contribution in [0.1, 0.15) is 45.6 Å². The zero-order valence-electron chi connectivity index (χ0n) is 17.8. The van der Waals surface area contributed by atoms with Crippen molar-refractivity contribution in [2.75, 3.05) is 6.54 Å². The van der Waals surface area contributed by atoms with E-state index in [-0.39, 0.29) is 24.2 Å². The Hall–Kier alpha value is -2.90. The number of nitrogens with one attached hydrogen (secondary N) is 2. The molecule has 1 aliphatic rings. The van der Waals surface area contributed by atoms with Crippen LogP contribution in [0.15, 0.2) is 30.3 Å². The van der Waals surface area contributed by atoms with E-state index in [1.54, 1.807) is 12.1 Å². The molecule has 1 aromatic carbocycles. The lowest BCUT2D eigenvalue weighted by Gasteiger charge is -2.31. The maximum Gasteiger partial charge on any atom is 0.326 e. The standard InChI is InChI=1S/C22H31N3O5/c1-4-14(2)19(23-15(3)26)21(28)25-12-8-11-18(25)20(27)24-17(22(29)30)13-16-9-6-5-7-10-16/h5-7,9-10,14,17-19H,4,8,11-13H2,1-3H3,(H,23,26)(H,24,27)(H,29,30)/t14-,17-,18-,19-/m0/s1. The Balaban J connectivity index is 2.12. The van der Waals surface area contributed by atoms with Gasteiger partial charge in [-0.15, -0.1) is 0 Å². The number of aliphatic carboxylic acids is 1. The molecule has 3 amide bonds. The van der Waals surface area contributed by atoms with E-state index in [9.17, 15) is 24.3 Å². The largest absolute Gasteiger partial charge is 0.480 e. The highest BCUT2D eigenvalue weighted by Crippen LogP contribution is 2.22. The first-order valence-corrected chi connectivity index (χ1v) is 10.4. The zero-order chi connectivity index (χ0) is 22.3. The fourth-order valence-corrected chi connectivity index (χ4v) is 3.70. The lowest BCUT2D eigenvalue weighted by atomic mass is 9.97. The molecule has 0 spiro atoms. The van der Waals surface area contributed by atoms with E-state index in [2.05, 4.69) is 10.6 Å². The molecular formula is C22H31N3O5. The van der Waals surface area contributed by atoms with Gasteiger partial charge in [-0.2, -0.15) is 0 Å². The molecule has 0 aliphatic carbocycles. The van der Waals surface area contributed by atoms with Gasteiger partial charge in [0.15, 0.2) is 0 Å². The lowest BCUT2D eigenvalue weighted by molar-refractivity contribution is -0.145. The van der Waals surface area contributed by atoms with Gasteiger partial charge in [0, 0.05) is 19.9 Å². The second kappa shape index (κ2) is 10.8. The minimum absolute atomic E-state index is 0.0874. The molecule has 1 fully saturated rings. The lowest BCUT2D eigenvalue weighted by Crippen LogP contribution is -2.56. The van der Waals surface area contributed by atoms with Gasteiger partial charge in [0.25, 0.3) is 0 Å². The van der Waals surface area contributed by atoms with Crippen LogP contribution in [0.3, 0.4) is 0 Å². The average molecular weight is 418 g/mol. The number of carboxylic acid groups (broad SMARTS) is 1. The summed E-state index contributed by atoms with van der Waals surface area (Å²) in [4.78, 5) is 50.8. The predicted octanol–water partition coefficient (Wildman–Crippen LogP) is 1.34. The Kier molecular flexibility index (Phi) is 8.38. The van der Waals surface area contributed by atoms with Crippen LogP contribution >= 0.6 is 0 Å². The fourth-order valence-electron chi connectivity index (χ4n) is 3.70. The summed E-state index contributed by atoms with van der Waals surface area (Å²) in [6.45, 7) is 5.57. The molecule has 164 valence electrons. The van der Waals surface area contributed by atoms with Crippen LogP contribution in [0.2, 0.25) is 0 Å². The summed E-state index contributed by atoms with van der Waals surface area (Å²) >= 11 is 0. The number of benzene rings is 1. The highest BCUT2D eigenvalue weighted by molar-refractivity contribution is 5.93. The fraction of sp³-hybridized carbons (Fsp3) is 0.545. The van der Waals surface area contributed by atoms with E-state index in [0.717, 1.165) is 5.56 Å². The molecule has 8 heteroatoms. The number of carbonyl (C=O) groups excluding carboxylic acids is 3. The predicted molar refractivity (Wildman–Crippen MR) is 112 cm³/mol. The van der Waals surface area contributed by atoms with Gasteiger partial charge in [-0.25, -0.2) is 4.79 Å². The maximum absolute atomic E-state index is 13.1. The van der Waals surface area contributed by atoms with Crippen molar-refractivity contribution >= 4 is 23.7 Å². The van der Waals surface area contributed by atoms with Crippen molar-refractivity contribution in [1.29, 1.82) is 0 Å². The van der Waals surface area contributed by atoms with Gasteiger partial charge in [-0.3, -0.25) is 14.4 Å². The summed E-state index contributed by atoms with van der Waals surface area (Å²) in [7, 11) is 0. The minimum atomic E-state index is -1.13. The van der Waals surface area contributed by atoms with E-state index in [1.807, 2.05) is 32.0 Å². The first kappa shape index (κ1) is 23.4. The Morgan fingerprint density at radius 3 is 2.40 bits per heavy atom. The van der Waals surface area contributed by atoms with Gasteiger partial charge < -0.3 is 20.6 Å². The van der Waals surface area contributed by atoms with Crippen molar-refractivity contribution in [3.8, 4) is 0 Å². The van der Waals surface area contributed by atoms with Crippen LogP contribution in [0.25, 0.3) is 0 Å². The third-order valence-corrected chi connectivity index (χ3v) is 5.57. The molecule has 1 heterocycles. The molecule has 8 nitrogen and oxygen atoms in total. The molecule has 3 N–H and O–H groups in total. The van der Waals surface area contributed by atoms with Crippen molar-refractivity contribution in [3.63, 3.8) is 0 Å². The maximum atomic E-state index is 13.1. The number of carboxylic acids is 1. The number of hydrogen-bond donors (Lipinski definition) is 3. The van der Waals surface area contributed by atoms with Crippen LogP contribution in [0.4, 0.5) is 0 Å². The van der Waals surface area contributed by atoms with Gasteiger partial charge in [0.2, 0.25) is 17.7 Å². The second-order valence-electron chi connectivity index (χ2n) is 7.84. The molecular weight excluding hydrogens is 386 g/mol. The van der Waals surface area contributed by atoms with Gasteiger partial charge in [-0.05, 0) is 24.3 Å². The summed E-state index contributed by atoms with van der Waals surface area (Å²) in [5, 5.41) is 14.8. The van der Waals surface area contributed by atoms with E-state index in [4.69, 9.17) is 0 Å². The van der Waals surface area contributed by atoms with Crippen LogP contribution in [0, 0.1) is 5.92 Å². The zero-order valence-corrected chi connectivity index (χ0v) is 17.8. The minimum Gasteiger partial charge on any atom is -0.480 e. The molecule has 0 aromatic heterocycles. The van der Waals surface area contributed by atoms with Crippen molar-refractivity contribution in [2.24, 2.45) is 5.92 Å². The number of nitrogens with zero attached hydrogens (tertiary/aromatic N) is 1. The molecule has 0 saturated carbocycles. The number of carbonyl (C=O) groups is 4. The summed E-state index contributed by atoms with van der Waals surface area (Å²) < 4.78 is 0. The van der Waals surface area contributed by atoms with Crippen molar-refractivity contribution in [2.45, 2.75) is 64.6 Å². The van der Waals surface area contributed by atoms with E-state index in [1.165, 1.54) is 11.8 Å². The molecule has 2 rings (SSSR count). The highest BCUT2D eigenvalue weighted by Gasteiger charge is 2.39. The van der Waals surface area contributed by atoms with Crippen LogP contribution in [-0.2, 0) is 25.6 Å². The third-order valence-electron chi connectivity index (χ3n) is 5.57. The Morgan fingerprint density at radius 2 is 1.83 bits per heavy atom. The van der Waals surface area contributed by atoms with Crippen LogP contribution in [0.5, 0.6) is 0 Å². The smallest absolute Gasteiger partial charge is 0.326 e. The van der Waals surface area contributed by atoms with E-state index < -0.39 is 30.0 Å². The third kappa shape index (κ3) is 6.05. The number of rotatable bonds is 9. The molecule has 1 saturated heterocycles. The monoisotopic (exact) mass is 417 g/mol. The molecule has 0 radical (unpaired) electrons. The summed E-state index contributed by atoms with van der Waals surface area (Å²) in [6.07, 6.45) is 1.96. The number of hydrogen-bond acceptors (Lipinski definition) is 4.